The van der Waals surface area contributed by atoms with Crippen LogP contribution in [0.25, 0.3) is 0 Å². The van der Waals surface area contributed by atoms with Gasteiger partial charge >= 0.3 is 0 Å². The molecule has 1 amide bonds. The molecule has 6 nitrogen and oxygen atoms in total. The second kappa shape index (κ2) is 8.03. The number of carbonyl (C=O) groups is 1. The molecule has 0 fully saturated rings. The van der Waals surface area contributed by atoms with Crippen molar-refractivity contribution in [3.8, 4) is 5.75 Å². The molecule has 1 aromatic carbocycles. The molecule has 0 saturated carbocycles. The lowest BCUT2D eigenvalue weighted by molar-refractivity contribution is -0.113. The lowest BCUT2D eigenvalue weighted by Gasteiger charge is -2.15. The maximum absolute atomic E-state index is 12.6. The maximum atomic E-state index is 12.6. The van der Waals surface area contributed by atoms with Crippen LogP contribution < -0.4 is 15.6 Å². The van der Waals surface area contributed by atoms with Gasteiger partial charge in [0, 0.05) is 6.04 Å². The van der Waals surface area contributed by atoms with E-state index in [2.05, 4.69) is 17.3 Å². The fourth-order valence-electron chi connectivity index (χ4n) is 2.97. The normalized spacial score (nSPS) is 16.9. The minimum absolute atomic E-state index is 0.0461. The van der Waals surface area contributed by atoms with Crippen LogP contribution in [0.2, 0.25) is 0 Å². The minimum Gasteiger partial charge on any atom is -0.494 e. The number of ether oxygens (including phenoxy) is 1. The third-order valence-electron chi connectivity index (χ3n) is 4.33. The first kappa shape index (κ1) is 18.6. The zero-order chi connectivity index (χ0) is 18.7. The second-order valence-electron chi connectivity index (χ2n) is 6.68. The Balaban J connectivity index is 1.93. The SMILES string of the molecule is CCCCOc1ccc([C@H]2SCC(=O)Nc3c2c(=O)[nH]n3C(C)C)cc1. The molecule has 1 aromatic heterocycles. The quantitative estimate of drug-likeness (QED) is 0.755. The van der Waals surface area contributed by atoms with Crippen LogP contribution in [0.1, 0.15) is 56.0 Å². The molecule has 26 heavy (non-hydrogen) atoms. The van der Waals surface area contributed by atoms with Crippen LogP contribution in [-0.4, -0.2) is 28.0 Å². The van der Waals surface area contributed by atoms with Crippen LogP contribution in [0.15, 0.2) is 29.1 Å². The summed E-state index contributed by atoms with van der Waals surface area (Å²) in [5, 5.41) is 5.55. The summed E-state index contributed by atoms with van der Waals surface area (Å²) in [6.07, 6.45) is 2.12. The first-order valence-electron chi connectivity index (χ1n) is 8.99. The molecule has 2 N–H and O–H groups in total. The van der Waals surface area contributed by atoms with Crippen molar-refractivity contribution in [3.63, 3.8) is 0 Å². The minimum atomic E-state index is -0.197. The molecule has 7 heteroatoms. The van der Waals surface area contributed by atoms with Crippen molar-refractivity contribution in [1.82, 2.24) is 9.78 Å². The average Bonchev–Trinajstić information content (AvgIpc) is 2.83. The summed E-state index contributed by atoms with van der Waals surface area (Å²) in [5.74, 6) is 1.62. The van der Waals surface area contributed by atoms with E-state index in [1.807, 2.05) is 38.1 Å². The topological polar surface area (TPSA) is 76.1 Å². The van der Waals surface area contributed by atoms with E-state index >= 15 is 0 Å². The molecule has 0 unspecified atom stereocenters. The standard InChI is InChI=1S/C19H25N3O3S/c1-4-5-10-25-14-8-6-13(7-9-14)17-16-18(20-15(23)11-26-17)22(12(2)3)21-19(16)24/h6-9,12,17H,4-5,10-11H2,1-3H3,(H,20,23)(H,21,24)/t17-/m1/s1. The number of hydrogen-bond acceptors (Lipinski definition) is 4. The summed E-state index contributed by atoms with van der Waals surface area (Å²) in [6.45, 7) is 6.77. The zero-order valence-electron chi connectivity index (χ0n) is 15.4. The third-order valence-corrected chi connectivity index (χ3v) is 5.60. The maximum Gasteiger partial charge on any atom is 0.270 e. The Morgan fingerprint density at radius 2 is 2.00 bits per heavy atom. The van der Waals surface area contributed by atoms with Gasteiger partial charge < -0.3 is 10.1 Å². The lowest BCUT2D eigenvalue weighted by atomic mass is 10.1. The van der Waals surface area contributed by atoms with Crippen molar-refractivity contribution in [2.45, 2.75) is 44.9 Å². The molecular weight excluding hydrogens is 350 g/mol. The van der Waals surface area contributed by atoms with Gasteiger partial charge in [-0.3, -0.25) is 19.4 Å². The van der Waals surface area contributed by atoms with Crippen molar-refractivity contribution < 1.29 is 9.53 Å². The van der Waals surface area contributed by atoms with Crippen LogP contribution in [0, 0.1) is 0 Å². The molecule has 2 heterocycles. The first-order chi connectivity index (χ1) is 12.5. The van der Waals surface area contributed by atoms with Crippen LogP contribution in [0.3, 0.4) is 0 Å². The van der Waals surface area contributed by atoms with Crippen LogP contribution in [0.4, 0.5) is 5.82 Å². The number of benzene rings is 1. The van der Waals surface area contributed by atoms with Gasteiger partial charge in [0.1, 0.15) is 11.6 Å². The first-order valence-corrected chi connectivity index (χ1v) is 10.0. The summed E-state index contributed by atoms with van der Waals surface area (Å²) >= 11 is 1.47. The molecule has 2 aromatic rings. The molecule has 140 valence electrons. The summed E-state index contributed by atoms with van der Waals surface area (Å²) in [5.41, 5.74) is 1.44. The molecule has 0 radical (unpaired) electrons. The highest BCUT2D eigenvalue weighted by Gasteiger charge is 2.30. The largest absolute Gasteiger partial charge is 0.494 e. The van der Waals surface area contributed by atoms with Crippen molar-refractivity contribution in [1.29, 1.82) is 0 Å². The predicted octanol–water partition coefficient (Wildman–Crippen LogP) is 3.71. The highest BCUT2D eigenvalue weighted by Crippen LogP contribution is 2.40. The number of amides is 1. The molecule has 0 saturated heterocycles. The van der Waals surface area contributed by atoms with Gasteiger partial charge in [-0.05, 0) is 38.0 Å². The van der Waals surface area contributed by atoms with E-state index in [1.54, 1.807) is 4.68 Å². The highest BCUT2D eigenvalue weighted by atomic mass is 32.2. The number of thioether (sulfide) groups is 1. The number of H-pyrrole nitrogens is 1. The number of hydrogen-bond donors (Lipinski definition) is 2. The van der Waals surface area contributed by atoms with Crippen molar-refractivity contribution in [2.75, 3.05) is 17.7 Å². The predicted molar refractivity (Wildman–Crippen MR) is 105 cm³/mol. The Bertz CT molecular complexity index is 824. The van der Waals surface area contributed by atoms with E-state index in [-0.39, 0.29) is 22.8 Å². The van der Waals surface area contributed by atoms with Crippen molar-refractivity contribution >= 4 is 23.5 Å². The van der Waals surface area contributed by atoms with Crippen LogP contribution in [-0.2, 0) is 4.79 Å². The number of aromatic nitrogens is 2. The van der Waals surface area contributed by atoms with E-state index in [0.717, 1.165) is 24.2 Å². The fraction of sp³-hybridized carbons (Fsp3) is 0.474. The van der Waals surface area contributed by atoms with Crippen molar-refractivity contribution in [3.05, 3.63) is 45.7 Å². The number of anilines is 1. The van der Waals surface area contributed by atoms with Gasteiger partial charge in [0.15, 0.2) is 0 Å². The molecule has 3 rings (SSSR count). The van der Waals surface area contributed by atoms with Gasteiger partial charge in [-0.2, -0.15) is 0 Å². The van der Waals surface area contributed by atoms with Gasteiger partial charge in [-0.25, -0.2) is 0 Å². The molecule has 1 aliphatic rings. The second-order valence-corrected chi connectivity index (χ2v) is 7.77. The van der Waals surface area contributed by atoms with Gasteiger partial charge in [0.2, 0.25) is 5.91 Å². The fourth-order valence-corrected chi connectivity index (χ4v) is 4.09. The Morgan fingerprint density at radius 3 is 2.65 bits per heavy atom. The Labute approximate surface area is 157 Å². The van der Waals surface area contributed by atoms with Gasteiger partial charge in [0.25, 0.3) is 5.56 Å². The highest BCUT2D eigenvalue weighted by molar-refractivity contribution is 8.00. The van der Waals surface area contributed by atoms with E-state index in [0.29, 0.717) is 23.7 Å². The van der Waals surface area contributed by atoms with E-state index in [4.69, 9.17) is 4.74 Å². The number of rotatable bonds is 6. The molecule has 0 aliphatic carbocycles. The van der Waals surface area contributed by atoms with Gasteiger partial charge in [-0.1, -0.05) is 25.5 Å². The number of nitrogens with zero attached hydrogens (tertiary/aromatic N) is 1. The number of nitrogens with one attached hydrogen (secondary N) is 2. The van der Waals surface area contributed by atoms with Crippen LogP contribution in [0.5, 0.6) is 5.75 Å². The van der Waals surface area contributed by atoms with Gasteiger partial charge in [-0.15, -0.1) is 11.8 Å². The van der Waals surface area contributed by atoms with E-state index < -0.39 is 0 Å². The van der Waals surface area contributed by atoms with Crippen molar-refractivity contribution in [2.24, 2.45) is 0 Å². The van der Waals surface area contributed by atoms with E-state index in [9.17, 15) is 9.59 Å². The smallest absolute Gasteiger partial charge is 0.270 e. The Morgan fingerprint density at radius 1 is 1.27 bits per heavy atom. The molecule has 0 bridgehead atoms. The number of carbonyl (C=O) groups excluding carboxylic acids is 1. The molecular formula is C19H25N3O3S. The number of fused-ring (bicyclic) bond motifs is 1. The average molecular weight is 375 g/mol. The van der Waals surface area contributed by atoms with Crippen LogP contribution >= 0.6 is 11.8 Å². The summed E-state index contributed by atoms with van der Waals surface area (Å²) < 4.78 is 7.45. The summed E-state index contributed by atoms with van der Waals surface area (Å²) in [4.78, 5) is 24.7. The molecule has 1 aliphatic heterocycles. The molecule has 1 atom stereocenters. The van der Waals surface area contributed by atoms with Gasteiger partial charge in [0.05, 0.1) is 23.2 Å². The monoisotopic (exact) mass is 375 g/mol. The van der Waals surface area contributed by atoms with E-state index in [1.165, 1.54) is 11.8 Å². The summed E-state index contributed by atoms with van der Waals surface area (Å²) in [7, 11) is 0. The number of unbranched alkanes of at least 4 members (excludes halogenated alkanes) is 1. The summed E-state index contributed by atoms with van der Waals surface area (Å²) in [6, 6.07) is 7.86. The lowest BCUT2D eigenvalue weighted by Crippen LogP contribution is -2.17. The Hall–Kier alpha value is -2.15. The number of aromatic amines is 1. The Kier molecular flexibility index (Phi) is 5.76. The zero-order valence-corrected chi connectivity index (χ0v) is 16.2. The molecule has 0 spiro atoms. The third kappa shape index (κ3) is 3.82.